The molecule has 0 bridgehead atoms. The Balaban J connectivity index is 0.000000123. The number of pyridine rings is 4. The van der Waals surface area contributed by atoms with Crippen LogP contribution in [0.5, 0.6) is 23.0 Å². The molecule has 636 valence electrons. The summed E-state index contributed by atoms with van der Waals surface area (Å²) in [4.78, 5) is 122. The third kappa shape index (κ3) is 17.3. The van der Waals surface area contributed by atoms with Crippen LogP contribution in [-0.2, 0) is 45.6 Å². The molecule has 20 rings (SSSR count). The monoisotopic (exact) mass is 1700 g/mol. The Morgan fingerprint density at radius 3 is 0.879 bits per heavy atom. The number of likely N-dealkylation sites (N-methyl/N-ethyl adjacent to an activating group) is 4. The predicted octanol–water partition coefficient (Wildman–Crippen LogP) is 7.61. The van der Waals surface area contributed by atoms with Gasteiger partial charge >= 0.3 is 47.3 Å². The van der Waals surface area contributed by atoms with Crippen molar-refractivity contribution in [2.45, 2.75) is 104 Å². The summed E-state index contributed by atoms with van der Waals surface area (Å²) in [5.41, 5.74) is 8.80. The molecule has 4 atom stereocenters. The normalized spacial score (nSPS) is 19.0. The number of nitrogens with two attached hydrogens (primary N) is 1. The quantitative estimate of drug-likeness (QED) is 0.0676. The highest BCUT2D eigenvalue weighted by Gasteiger charge is 2.54. The maximum Gasteiger partial charge on any atom is 0.396 e. The number of hydrogen-bond acceptors (Lipinski definition) is 30. The lowest BCUT2D eigenvalue weighted by molar-refractivity contribution is -0.121. The van der Waals surface area contributed by atoms with E-state index in [1.54, 1.807) is 108 Å². The standard InChI is InChI=1S/3C21H19N5O4.C14H14N2O3.C9H11N3O2.ClH/c3*1-26-16-15(8-5-11-22-16)29-12-14(19(26)28)23-17(27)18-24-25-20(30-18)21(9-10-21)13-6-3-2-4-7-13;1-2-18-12(17)11-15-16-13(19-11)14(8-9-14)10-6-4-3-5-7-10;1-12-8-7(3-2-4-11-8)14-5-6(10)9(12)13;/h3*2-8,11,14H,9-10,12H2,1H3,(H,23,27);3-7H,2,8-9H2,1H3;2-4,6H,5,10H2,1H3;1H/t2*14-;;;;/m10..../s1. The predicted molar refractivity (Wildman–Crippen MR) is 441 cm³/mol. The fourth-order valence-corrected chi connectivity index (χ4v) is 14.6. The number of fused-ring (bicyclic) bond motifs is 4. The Hall–Kier alpha value is -14.8. The number of halogens is 1. The lowest BCUT2D eigenvalue weighted by Gasteiger charge is -2.18. The van der Waals surface area contributed by atoms with Crippen LogP contribution >= 0.6 is 12.4 Å². The van der Waals surface area contributed by atoms with Crippen molar-refractivity contribution in [2.24, 2.45) is 5.73 Å². The van der Waals surface area contributed by atoms with Crippen molar-refractivity contribution >= 4 is 83.0 Å². The first-order valence-corrected chi connectivity index (χ1v) is 39.6. The van der Waals surface area contributed by atoms with Crippen LogP contribution in [0.3, 0.4) is 0 Å². The van der Waals surface area contributed by atoms with Crippen molar-refractivity contribution in [1.29, 1.82) is 0 Å². The van der Waals surface area contributed by atoms with Crippen LogP contribution in [0.4, 0.5) is 23.3 Å². The summed E-state index contributed by atoms with van der Waals surface area (Å²) in [6, 6.07) is 50.2. The number of benzene rings is 4. The van der Waals surface area contributed by atoms with Gasteiger partial charge in [0.2, 0.25) is 29.5 Å². The summed E-state index contributed by atoms with van der Waals surface area (Å²) in [6.45, 7) is 2.15. The van der Waals surface area contributed by atoms with Gasteiger partial charge < -0.3 is 63.0 Å². The Morgan fingerprint density at radius 1 is 0.363 bits per heavy atom. The van der Waals surface area contributed by atoms with E-state index < -0.39 is 47.9 Å². The molecule has 0 radical (unpaired) electrons. The minimum Gasteiger partial charge on any atom is -0.488 e. The Labute approximate surface area is 713 Å². The minimum absolute atomic E-state index is 0. The summed E-state index contributed by atoms with van der Waals surface area (Å²) in [5, 5.41) is 39.8. The zero-order valence-corrected chi connectivity index (χ0v) is 68.4. The number of esters is 1. The van der Waals surface area contributed by atoms with Crippen molar-refractivity contribution in [3.63, 3.8) is 0 Å². The van der Waals surface area contributed by atoms with Crippen molar-refractivity contribution in [1.82, 2.24) is 76.7 Å². The van der Waals surface area contributed by atoms with Gasteiger partial charge in [-0.3, -0.25) is 53.2 Å². The molecule has 0 saturated heterocycles. The third-order valence-corrected chi connectivity index (χ3v) is 22.0. The molecule has 124 heavy (non-hydrogen) atoms. The molecule has 7 amide bonds. The fraction of sp³-hybridized carbons (Fsp3) is 0.302. The first-order valence-electron chi connectivity index (χ1n) is 39.6. The number of hydrogen-bond donors (Lipinski definition) is 4. The van der Waals surface area contributed by atoms with Gasteiger partial charge in [-0.15, -0.1) is 53.2 Å². The Bertz CT molecular complexity index is 5470. The molecule has 8 aliphatic rings. The van der Waals surface area contributed by atoms with Crippen LogP contribution in [-0.4, -0.2) is 193 Å². The van der Waals surface area contributed by atoms with E-state index in [0.717, 1.165) is 73.6 Å². The molecular weight excluding hydrogens is 1620 g/mol. The van der Waals surface area contributed by atoms with E-state index in [1.807, 2.05) is 121 Å². The second-order valence-corrected chi connectivity index (χ2v) is 30.0. The highest BCUT2D eigenvalue weighted by molar-refractivity contribution is 6.04. The molecule has 4 aliphatic heterocycles. The molecule has 4 saturated carbocycles. The second-order valence-electron chi connectivity index (χ2n) is 30.0. The fourth-order valence-electron chi connectivity index (χ4n) is 14.6. The second kappa shape index (κ2) is 35.9. The van der Waals surface area contributed by atoms with Gasteiger partial charge in [-0.2, -0.15) is 0 Å². The third-order valence-electron chi connectivity index (χ3n) is 22.0. The van der Waals surface area contributed by atoms with Crippen LogP contribution in [0.1, 0.15) is 147 Å². The van der Waals surface area contributed by atoms with Crippen LogP contribution in [0.25, 0.3) is 0 Å². The minimum atomic E-state index is -0.906. The smallest absolute Gasteiger partial charge is 0.396 e. The van der Waals surface area contributed by atoms with Crippen LogP contribution in [0.15, 0.2) is 212 Å². The van der Waals surface area contributed by atoms with E-state index in [0.29, 0.717) is 76.4 Å². The molecule has 12 aromatic rings. The molecule has 0 spiro atoms. The van der Waals surface area contributed by atoms with E-state index in [2.05, 4.69) is 76.7 Å². The summed E-state index contributed by atoms with van der Waals surface area (Å²) >= 11 is 0. The van der Waals surface area contributed by atoms with Gasteiger partial charge in [0.15, 0.2) is 46.3 Å². The van der Waals surface area contributed by atoms with Gasteiger partial charge in [0.05, 0.1) is 28.3 Å². The zero-order chi connectivity index (χ0) is 85.6. The molecule has 4 aromatic carbocycles. The number of ether oxygens (including phenoxy) is 5. The lowest BCUT2D eigenvalue weighted by Crippen LogP contribution is -2.49. The molecule has 4 fully saturated rings. The van der Waals surface area contributed by atoms with Gasteiger partial charge in [-0.1, -0.05) is 121 Å². The number of aromatic nitrogens is 12. The summed E-state index contributed by atoms with van der Waals surface area (Å²) in [5.74, 6) is 1.25. The average molecular weight is 1700 g/mol. The first-order chi connectivity index (χ1) is 59.7. The molecule has 2 unspecified atom stereocenters. The lowest BCUT2D eigenvalue weighted by atomic mass is 9.96. The Morgan fingerprint density at radius 2 is 0.613 bits per heavy atom. The van der Waals surface area contributed by atoms with Gasteiger partial charge in [0, 0.05) is 53.0 Å². The highest BCUT2D eigenvalue weighted by atomic mass is 35.5. The molecule has 38 heteroatoms. The number of nitrogens with zero attached hydrogens (tertiary/aromatic N) is 16. The van der Waals surface area contributed by atoms with E-state index in [4.69, 9.17) is 47.1 Å². The number of carbonyl (C=O) groups excluding carboxylic acids is 8. The maximum atomic E-state index is 12.8. The summed E-state index contributed by atoms with van der Waals surface area (Å²) in [6.07, 6.45) is 13.5. The maximum absolute atomic E-state index is 12.8. The van der Waals surface area contributed by atoms with E-state index in [-0.39, 0.29) is 108 Å². The van der Waals surface area contributed by atoms with Crippen LogP contribution < -0.4 is 60.2 Å². The highest BCUT2D eigenvalue weighted by Crippen LogP contribution is 2.56. The van der Waals surface area contributed by atoms with Gasteiger partial charge in [0.25, 0.3) is 17.7 Å². The van der Waals surface area contributed by atoms with Crippen molar-refractivity contribution < 1.29 is 79.7 Å². The van der Waals surface area contributed by atoms with Crippen molar-refractivity contribution in [2.75, 3.05) is 80.8 Å². The molecule has 12 heterocycles. The number of anilines is 4. The van der Waals surface area contributed by atoms with Crippen molar-refractivity contribution in [3.05, 3.63) is 264 Å². The van der Waals surface area contributed by atoms with Crippen LogP contribution in [0.2, 0.25) is 0 Å². The Kier molecular flexibility index (Phi) is 24.4. The number of carbonyl (C=O) groups is 8. The molecule has 4 aliphatic carbocycles. The van der Waals surface area contributed by atoms with Crippen LogP contribution in [0, 0.1) is 0 Å². The summed E-state index contributed by atoms with van der Waals surface area (Å²) in [7, 11) is 6.40. The molecule has 5 N–H and O–H groups in total. The average Bonchev–Trinajstić information content (AvgIpc) is 1.60. The van der Waals surface area contributed by atoms with Gasteiger partial charge in [-0.05, 0) is 129 Å². The molecule has 37 nitrogen and oxygen atoms in total. The largest absolute Gasteiger partial charge is 0.488 e. The SMILES string of the molecule is CCOC(=O)c1nnc(C2(c3ccccc3)CC2)o1.CN1C(=O)C(N)COc2cccnc21.CN1C(=O)C(NC(=O)c2nnc(C3(c4ccccc4)CC3)o2)COc2cccnc21.CN1C(=O)[C@@H](NC(=O)c2nnc(C3(c4ccccc4)CC3)o2)COc2cccnc21.CN1C(=O)[C@H](NC(=O)c2nnc(C3(c4ccccc4)CC3)o2)COc2cccnc21.Cl. The number of amides is 7. The van der Waals surface area contributed by atoms with Gasteiger partial charge in [0.1, 0.15) is 50.6 Å². The van der Waals surface area contributed by atoms with Gasteiger partial charge in [-0.25, -0.2) is 24.7 Å². The van der Waals surface area contributed by atoms with Crippen molar-refractivity contribution in [3.8, 4) is 23.0 Å². The topological polar surface area (TPSA) is 465 Å². The molecule has 8 aromatic heterocycles. The summed E-state index contributed by atoms with van der Waals surface area (Å²) < 4.78 is 49.8. The van der Waals surface area contributed by atoms with E-state index in [9.17, 15) is 38.4 Å². The zero-order valence-electron chi connectivity index (χ0n) is 67.6. The number of nitrogens with one attached hydrogen (secondary N) is 3. The number of rotatable bonds is 16. The first kappa shape index (κ1) is 84.3. The molecular formula is C86H83ClN20O17. The van der Waals surface area contributed by atoms with E-state index in [1.165, 1.54) is 19.6 Å². The van der Waals surface area contributed by atoms with E-state index >= 15 is 0 Å².